The van der Waals surface area contributed by atoms with Crippen LogP contribution in [0.3, 0.4) is 0 Å². The molecule has 2 aromatic carbocycles. The highest BCUT2D eigenvalue weighted by Gasteiger charge is 2.26. The van der Waals surface area contributed by atoms with E-state index in [0.717, 1.165) is 24.0 Å². The van der Waals surface area contributed by atoms with Gasteiger partial charge in [-0.05, 0) is 61.6 Å². The van der Waals surface area contributed by atoms with E-state index in [9.17, 15) is 13.2 Å². The summed E-state index contributed by atoms with van der Waals surface area (Å²) in [6.07, 6.45) is 2.68. The van der Waals surface area contributed by atoms with Crippen molar-refractivity contribution in [2.45, 2.75) is 37.5 Å². The van der Waals surface area contributed by atoms with Crippen LogP contribution in [0.1, 0.15) is 30.4 Å². The highest BCUT2D eigenvalue weighted by Crippen LogP contribution is 2.24. The number of rotatable bonds is 6. The predicted octanol–water partition coefficient (Wildman–Crippen LogP) is 4.00. The number of sulfonamides is 1. The van der Waals surface area contributed by atoms with E-state index in [-0.39, 0.29) is 5.91 Å². The predicted molar refractivity (Wildman–Crippen MR) is 108 cm³/mol. The van der Waals surface area contributed by atoms with Gasteiger partial charge in [0.05, 0.1) is 4.90 Å². The summed E-state index contributed by atoms with van der Waals surface area (Å²) in [7, 11) is -3.39. The third kappa shape index (κ3) is 4.69. The first-order valence-corrected chi connectivity index (χ1v) is 10.8. The molecule has 0 atom stereocenters. The number of carbonyl (C=O) groups excluding carboxylic acids is 1. The fraction of sp³-hybridized carbons (Fsp3) is 0.350. The standard InChI is InChI=1S/C20H23ClN2O3S/c1-15-18(21)5-4-6-19(15)22-20(24)12-9-16-7-10-17(11-8-16)27(25,26)23-13-2-3-14-23/h4-8,10-11H,2-3,9,12-14H2,1H3,(H,22,24). The average molecular weight is 407 g/mol. The third-order valence-electron chi connectivity index (χ3n) is 4.81. The van der Waals surface area contributed by atoms with Crippen LogP contribution in [0.25, 0.3) is 0 Å². The van der Waals surface area contributed by atoms with Crippen LogP contribution in [0.5, 0.6) is 0 Å². The van der Waals surface area contributed by atoms with Crippen LogP contribution in [-0.4, -0.2) is 31.7 Å². The van der Waals surface area contributed by atoms with Crippen LogP contribution < -0.4 is 5.32 Å². The van der Waals surface area contributed by atoms with E-state index in [4.69, 9.17) is 11.6 Å². The van der Waals surface area contributed by atoms with Crippen molar-refractivity contribution in [3.8, 4) is 0 Å². The molecule has 0 spiro atoms. The lowest BCUT2D eigenvalue weighted by Crippen LogP contribution is -2.27. The van der Waals surface area contributed by atoms with E-state index in [1.807, 2.05) is 13.0 Å². The van der Waals surface area contributed by atoms with Crippen LogP contribution in [0.2, 0.25) is 5.02 Å². The number of hydrogen-bond acceptors (Lipinski definition) is 3. The van der Waals surface area contributed by atoms with E-state index < -0.39 is 10.0 Å². The number of anilines is 1. The summed E-state index contributed by atoms with van der Waals surface area (Å²) < 4.78 is 26.6. The minimum atomic E-state index is -3.39. The second-order valence-electron chi connectivity index (χ2n) is 6.72. The monoisotopic (exact) mass is 406 g/mol. The first-order chi connectivity index (χ1) is 12.9. The molecule has 0 unspecified atom stereocenters. The Labute approximate surface area is 165 Å². The number of halogens is 1. The van der Waals surface area contributed by atoms with E-state index in [1.54, 1.807) is 36.4 Å². The molecule has 0 radical (unpaired) electrons. The molecule has 1 heterocycles. The van der Waals surface area contributed by atoms with Crippen molar-refractivity contribution in [3.63, 3.8) is 0 Å². The van der Waals surface area contributed by atoms with Crippen molar-refractivity contribution < 1.29 is 13.2 Å². The molecular weight excluding hydrogens is 384 g/mol. The summed E-state index contributed by atoms with van der Waals surface area (Å²) in [5, 5.41) is 3.48. The van der Waals surface area contributed by atoms with Gasteiger partial charge in [-0.2, -0.15) is 4.31 Å². The maximum Gasteiger partial charge on any atom is 0.243 e. The number of amides is 1. The van der Waals surface area contributed by atoms with Gasteiger partial charge in [-0.1, -0.05) is 29.8 Å². The summed E-state index contributed by atoms with van der Waals surface area (Å²) in [6.45, 7) is 3.04. The molecule has 0 bridgehead atoms. The third-order valence-corrected chi connectivity index (χ3v) is 7.13. The molecule has 2 aromatic rings. The van der Waals surface area contributed by atoms with Crippen molar-refractivity contribution in [2.24, 2.45) is 0 Å². The Bertz CT molecular complexity index is 921. The summed E-state index contributed by atoms with van der Waals surface area (Å²) in [5.74, 6) is -0.103. The number of benzene rings is 2. The van der Waals surface area contributed by atoms with Gasteiger partial charge >= 0.3 is 0 Å². The molecule has 0 aliphatic carbocycles. The lowest BCUT2D eigenvalue weighted by atomic mass is 10.1. The number of carbonyl (C=O) groups is 1. The van der Waals surface area contributed by atoms with E-state index in [2.05, 4.69) is 5.32 Å². The van der Waals surface area contributed by atoms with Gasteiger partial charge in [0.2, 0.25) is 15.9 Å². The average Bonchev–Trinajstić information content (AvgIpc) is 3.20. The molecule has 1 aliphatic heterocycles. The van der Waals surface area contributed by atoms with Gasteiger partial charge in [0, 0.05) is 30.2 Å². The Morgan fingerprint density at radius 1 is 1.11 bits per heavy atom. The quantitative estimate of drug-likeness (QED) is 0.788. The van der Waals surface area contributed by atoms with Crippen molar-refractivity contribution in [3.05, 3.63) is 58.6 Å². The van der Waals surface area contributed by atoms with Crippen LogP contribution in [0.4, 0.5) is 5.69 Å². The fourth-order valence-electron chi connectivity index (χ4n) is 3.12. The number of nitrogens with one attached hydrogen (secondary N) is 1. The van der Waals surface area contributed by atoms with Crippen molar-refractivity contribution in [1.29, 1.82) is 0 Å². The molecule has 1 fully saturated rings. The smallest absolute Gasteiger partial charge is 0.243 e. The van der Waals surface area contributed by atoms with Gasteiger partial charge in [0.15, 0.2) is 0 Å². The normalized spacial score (nSPS) is 15.0. The maximum absolute atomic E-state index is 12.5. The Kier molecular flexibility index (Phi) is 6.19. The number of aryl methyl sites for hydroxylation is 1. The highest BCUT2D eigenvalue weighted by atomic mass is 35.5. The van der Waals surface area contributed by atoms with Crippen LogP contribution >= 0.6 is 11.6 Å². The molecule has 1 N–H and O–H groups in total. The molecule has 0 aromatic heterocycles. The second kappa shape index (κ2) is 8.42. The fourth-order valence-corrected chi connectivity index (χ4v) is 4.81. The maximum atomic E-state index is 12.5. The molecule has 1 saturated heterocycles. The lowest BCUT2D eigenvalue weighted by Gasteiger charge is -2.15. The summed E-state index contributed by atoms with van der Waals surface area (Å²) in [5.41, 5.74) is 2.47. The Hall–Kier alpha value is -1.89. The summed E-state index contributed by atoms with van der Waals surface area (Å²) >= 11 is 6.07. The molecule has 144 valence electrons. The zero-order valence-electron chi connectivity index (χ0n) is 15.2. The minimum Gasteiger partial charge on any atom is -0.326 e. The first-order valence-electron chi connectivity index (χ1n) is 9.02. The number of hydrogen-bond donors (Lipinski definition) is 1. The Morgan fingerprint density at radius 2 is 1.78 bits per heavy atom. The van der Waals surface area contributed by atoms with Gasteiger partial charge in [-0.25, -0.2) is 8.42 Å². The summed E-state index contributed by atoms with van der Waals surface area (Å²) in [6, 6.07) is 12.2. The zero-order chi connectivity index (χ0) is 19.4. The molecule has 7 heteroatoms. The highest BCUT2D eigenvalue weighted by molar-refractivity contribution is 7.89. The van der Waals surface area contributed by atoms with Gasteiger partial charge in [-0.3, -0.25) is 4.79 Å². The van der Waals surface area contributed by atoms with Gasteiger partial charge in [0.25, 0.3) is 0 Å². The molecule has 5 nitrogen and oxygen atoms in total. The van der Waals surface area contributed by atoms with Crippen molar-refractivity contribution in [1.82, 2.24) is 4.31 Å². The second-order valence-corrected chi connectivity index (χ2v) is 9.06. The molecule has 1 aliphatic rings. The largest absolute Gasteiger partial charge is 0.326 e. The van der Waals surface area contributed by atoms with Crippen LogP contribution in [-0.2, 0) is 21.2 Å². The van der Waals surface area contributed by atoms with Crippen LogP contribution in [0, 0.1) is 6.92 Å². The zero-order valence-corrected chi connectivity index (χ0v) is 16.8. The first kappa shape index (κ1) is 19.9. The van der Waals surface area contributed by atoms with Gasteiger partial charge < -0.3 is 5.32 Å². The number of nitrogens with zero attached hydrogens (tertiary/aromatic N) is 1. The Balaban J connectivity index is 1.58. The van der Waals surface area contributed by atoms with E-state index >= 15 is 0 Å². The van der Waals surface area contributed by atoms with Gasteiger partial charge in [-0.15, -0.1) is 0 Å². The van der Waals surface area contributed by atoms with Crippen LogP contribution in [0.15, 0.2) is 47.4 Å². The van der Waals surface area contributed by atoms with Crippen molar-refractivity contribution >= 4 is 33.2 Å². The van der Waals surface area contributed by atoms with E-state index in [1.165, 1.54) is 4.31 Å². The Morgan fingerprint density at radius 3 is 2.44 bits per heavy atom. The van der Waals surface area contributed by atoms with Gasteiger partial charge in [0.1, 0.15) is 0 Å². The van der Waals surface area contributed by atoms with Crippen molar-refractivity contribution in [2.75, 3.05) is 18.4 Å². The SMILES string of the molecule is Cc1c(Cl)cccc1NC(=O)CCc1ccc(S(=O)(=O)N2CCCC2)cc1. The minimum absolute atomic E-state index is 0.103. The molecule has 0 saturated carbocycles. The summed E-state index contributed by atoms with van der Waals surface area (Å²) in [4.78, 5) is 12.5. The molecule has 3 rings (SSSR count). The lowest BCUT2D eigenvalue weighted by molar-refractivity contribution is -0.116. The topological polar surface area (TPSA) is 66.5 Å². The van der Waals surface area contributed by atoms with E-state index in [0.29, 0.717) is 41.5 Å². The molecule has 1 amide bonds. The molecule has 27 heavy (non-hydrogen) atoms. The molecular formula is C20H23ClN2O3S.